The fraction of sp³-hybridized carbons (Fsp3) is 0.385. The zero-order valence-corrected chi connectivity index (χ0v) is 10.6. The highest BCUT2D eigenvalue weighted by Gasteiger charge is 2.15. The topological polar surface area (TPSA) is 30.5 Å². The summed E-state index contributed by atoms with van der Waals surface area (Å²) in [5, 5.41) is 3.82. The van der Waals surface area contributed by atoms with E-state index in [0.29, 0.717) is 24.0 Å². The number of benzene rings is 1. The molecule has 1 heterocycles. The zero-order chi connectivity index (χ0) is 12.1. The molecule has 0 aromatic heterocycles. The van der Waals surface area contributed by atoms with Crippen LogP contribution in [0.1, 0.15) is 12.5 Å². The summed E-state index contributed by atoms with van der Waals surface area (Å²) in [6.07, 6.45) is 4.08. The molecule has 0 radical (unpaired) electrons. The fourth-order valence-electron chi connectivity index (χ4n) is 1.65. The van der Waals surface area contributed by atoms with Crippen LogP contribution >= 0.6 is 11.6 Å². The normalized spacial score (nSPS) is 14.2. The molecule has 0 aliphatic carbocycles. The van der Waals surface area contributed by atoms with Crippen molar-refractivity contribution in [1.82, 2.24) is 5.32 Å². The van der Waals surface area contributed by atoms with Gasteiger partial charge >= 0.3 is 0 Å². The summed E-state index contributed by atoms with van der Waals surface area (Å²) in [7, 11) is 0. The molecule has 0 amide bonds. The lowest BCUT2D eigenvalue weighted by Crippen LogP contribution is -2.15. The highest BCUT2D eigenvalue weighted by Crippen LogP contribution is 2.38. The summed E-state index contributed by atoms with van der Waals surface area (Å²) in [4.78, 5) is 0. The summed E-state index contributed by atoms with van der Waals surface area (Å²) in [6.45, 7) is 5.03. The van der Waals surface area contributed by atoms with Gasteiger partial charge in [-0.15, -0.1) is 0 Å². The Hall–Kier alpha value is -1.19. The standard InChI is InChI=1S/C13H16ClNO2/c1-2-15-5-3-4-10-8-11(14)13-12(9-10)16-6-7-17-13/h3-4,8-9,15H,2,5-7H2,1H3. The smallest absolute Gasteiger partial charge is 0.179 e. The van der Waals surface area contributed by atoms with Crippen molar-refractivity contribution in [1.29, 1.82) is 0 Å². The van der Waals surface area contributed by atoms with Crippen LogP contribution in [-0.2, 0) is 0 Å². The number of fused-ring (bicyclic) bond motifs is 1. The Morgan fingerprint density at radius 1 is 1.35 bits per heavy atom. The maximum Gasteiger partial charge on any atom is 0.179 e. The largest absolute Gasteiger partial charge is 0.486 e. The molecule has 1 aliphatic rings. The van der Waals surface area contributed by atoms with Gasteiger partial charge in [-0.3, -0.25) is 0 Å². The first kappa shape index (κ1) is 12.3. The maximum absolute atomic E-state index is 6.13. The van der Waals surface area contributed by atoms with Crippen molar-refractivity contribution in [3.05, 3.63) is 28.8 Å². The molecule has 0 bridgehead atoms. The second-order valence-corrected chi connectivity index (χ2v) is 4.14. The molecule has 1 aliphatic heterocycles. The number of nitrogens with one attached hydrogen (secondary N) is 1. The molecule has 0 saturated heterocycles. The van der Waals surface area contributed by atoms with Gasteiger partial charge in [0.15, 0.2) is 11.5 Å². The van der Waals surface area contributed by atoms with E-state index in [1.54, 1.807) is 0 Å². The third kappa shape index (κ3) is 3.14. The lowest BCUT2D eigenvalue weighted by atomic mass is 10.2. The molecule has 1 aromatic carbocycles. The van der Waals surface area contributed by atoms with Gasteiger partial charge in [0, 0.05) is 6.54 Å². The minimum absolute atomic E-state index is 0.558. The van der Waals surface area contributed by atoms with Gasteiger partial charge in [-0.25, -0.2) is 0 Å². The molecule has 4 heteroatoms. The van der Waals surface area contributed by atoms with Crippen molar-refractivity contribution in [3.8, 4) is 11.5 Å². The highest BCUT2D eigenvalue weighted by atomic mass is 35.5. The minimum Gasteiger partial charge on any atom is -0.486 e. The molecule has 3 nitrogen and oxygen atoms in total. The molecule has 0 unspecified atom stereocenters. The van der Waals surface area contributed by atoms with Gasteiger partial charge in [-0.1, -0.05) is 30.7 Å². The molecular weight excluding hydrogens is 238 g/mol. The van der Waals surface area contributed by atoms with Crippen LogP contribution < -0.4 is 14.8 Å². The van der Waals surface area contributed by atoms with Crippen molar-refractivity contribution in [2.24, 2.45) is 0 Å². The quantitative estimate of drug-likeness (QED) is 0.837. The number of ether oxygens (including phenoxy) is 2. The first-order chi connectivity index (χ1) is 8.31. The van der Waals surface area contributed by atoms with Crippen LogP contribution in [0.4, 0.5) is 0 Å². The monoisotopic (exact) mass is 253 g/mol. The van der Waals surface area contributed by atoms with E-state index in [4.69, 9.17) is 21.1 Å². The highest BCUT2D eigenvalue weighted by molar-refractivity contribution is 6.32. The molecule has 17 heavy (non-hydrogen) atoms. The molecule has 92 valence electrons. The number of halogens is 1. The predicted molar refractivity (Wildman–Crippen MR) is 70.0 cm³/mol. The summed E-state index contributed by atoms with van der Waals surface area (Å²) < 4.78 is 11.0. The number of hydrogen-bond acceptors (Lipinski definition) is 3. The first-order valence-corrected chi connectivity index (χ1v) is 6.15. The molecule has 1 aromatic rings. The number of rotatable bonds is 4. The van der Waals surface area contributed by atoms with Crippen LogP contribution in [0, 0.1) is 0 Å². The van der Waals surface area contributed by atoms with E-state index in [9.17, 15) is 0 Å². The number of hydrogen-bond donors (Lipinski definition) is 1. The Balaban J connectivity index is 2.13. The van der Waals surface area contributed by atoms with E-state index < -0.39 is 0 Å². The van der Waals surface area contributed by atoms with Crippen molar-refractivity contribution < 1.29 is 9.47 Å². The van der Waals surface area contributed by atoms with Gasteiger partial charge in [-0.2, -0.15) is 0 Å². The Bertz CT molecular complexity index is 418. The van der Waals surface area contributed by atoms with Crippen molar-refractivity contribution in [3.63, 3.8) is 0 Å². The van der Waals surface area contributed by atoms with Gasteiger partial charge in [0.05, 0.1) is 5.02 Å². The molecule has 0 fully saturated rings. The van der Waals surface area contributed by atoms with Gasteiger partial charge < -0.3 is 14.8 Å². The summed E-state index contributed by atoms with van der Waals surface area (Å²) in [5.74, 6) is 1.38. The van der Waals surface area contributed by atoms with E-state index >= 15 is 0 Å². The average Bonchev–Trinajstić information content (AvgIpc) is 2.35. The summed E-state index contributed by atoms with van der Waals surface area (Å²) >= 11 is 6.13. The molecule has 1 N–H and O–H groups in total. The predicted octanol–water partition coefficient (Wildman–Crippen LogP) is 2.73. The fourth-order valence-corrected chi connectivity index (χ4v) is 1.92. The zero-order valence-electron chi connectivity index (χ0n) is 9.83. The summed E-state index contributed by atoms with van der Waals surface area (Å²) in [6, 6.07) is 3.83. The molecule has 0 spiro atoms. The Morgan fingerprint density at radius 3 is 3.00 bits per heavy atom. The van der Waals surface area contributed by atoms with Crippen LogP contribution in [0.2, 0.25) is 5.02 Å². The van der Waals surface area contributed by atoms with Crippen molar-refractivity contribution >= 4 is 17.7 Å². The molecule has 0 saturated carbocycles. The molecule has 2 rings (SSSR count). The maximum atomic E-state index is 6.13. The second-order valence-electron chi connectivity index (χ2n) is 3.74. The van der Waals surface area contributed by atoms with Crippen LogP contribution in [0.15, 0.2) is 18.2 Å². The minimum atomic E-state index is 0.558. The SMILES string of the molecule is CCNCC=Cc1cc(Cl)c2c(c1)OCCO2. The Labute approximate surface area is 106 Å². The van der Waals surface area contributed by atoms with Crippen molar-refractivity contribution in [2.75, 3.05) is 26.3 Å². The van der Waals surface area contributed by atoms with Crippen LogP contribution in [0.25, 0.3) is 6.08 Å². The number of likely N-dealkylation sites (N-methyl/N-ethyl adjacent to an activating group) is 1. The lowest BCUT2D eigenvalue weighted by molar-refractivity contribution is 0.171. The third-order valence-electron chi connectivity index (χ3n) is 2.44. The van der Waals surface area contributed by atoms with Gasteiger partial charge in [-0.05, 0) is 24.2 Å². The Kier molecular flexibility index (Phi) is 4.29. The first-order valence-electron chi connectivity index (χ1n) is 5.77. The van der Waals surface area contributed by atoms with Gasteiger partial charge in [0.25, 0.3) is 0 Å². The lowest BCUT2D eigenvalue weighted by Gasteiger charge is -2.19. The van der Waals surface area contributed by atoms with E-state index in [1.165, 1.54) is 0 Å². The third-order valence-corrected chi connectivity index (χ3v) is 2.72. The molecule has 0 atom stereocenters. The second kappa shape index (κ2) is 5.94. The Morgan fingerprint density at radius 2 is 2.18 bits per heavy atom. The van der Waals surface area contributed by atoms with E-state index in [1.807, 2.05) is 18.2 Å². The van der Waals surface area contributed by atoms with Gasteiger partial charge in [0.2, 0.25) is 0 Å². The van der Waals surface area contributed by atoms with Gasteiger partial charge in [0.1, 0.15) is 13.2 Å². The van der Waals surface area contributed by atoms with Crippen LogP contribution in [-0.4, -0.2) is 26.3 Å². The summed E-state index contributed by atoms with van der Waals surface area (Å²) in [5.41, 5.74) is 1.03. The van der Waals surface area contributed by atoms with Crippen LogP contribution in [0.3, 0.4) is 0 Å². The average molecular weight is 254 g/mol. The van der Waals surface area contributed by atoms with E-state index in [-0.39, 0.29) is 0 Å². The van der Waals surface area contributed by atoms with Crippen molar-refractivity contribution in [2.45, 2.75) is 6.92 Å². The molecular formula is C13H16ClNO2. The van der Waals surface area contributed by atoms with E-state index in [2.05, 4.69) is 18.3 Å². The van der Waals surface area contributed by atoms with E-state index in [0.717, 1.165) is 24.4 Å². The van der Waals surface area contributed by atoms with Crippen LogP contribution in [0.5, 0.6) is 11.5 Å².